The third kappa shape index (κ3) is 1.94. The van der Waals surface area contributed by atoms with Crippen LogP contribution in [0.1, 0.15) is 51.9 Å². The molecule has 2 aliphatic carbocycles. The third-order valence-corrected chi connectivity index (χ3v) is 5.26. The molecule has 3 atom stereocenters. The van der Waals surface area contributed by atoms with Crippen molar-refractivity contribution in [2.45, 2.75) is 64.0 Å². The minimum Gasteiger partial charge on any atom is -0.435 e. The molecule has 1 saturated heterocycles. The normalized spacial score (nSPS) is 38.8. The summed E-state index contributed by atoms with van der Waals surface area (Å²) in [4.78, 5) is 0. The van der Waals surface area contributed by atoms with Crippen molar-refractivity contribution in [3.05, 3.63) is 0 Å². The number of unbranched alkanes of at least 4 members (excludes halogenated alkanes) is 1. The van der Waals surface area contributed by atoms with Crippen molar-refractivity contribution < 1.29 is 4.65 Å². The van der Waals surface area contributed by atoms with Crippen molar-refractivity contribution in [1.82, 2.24) is 0 Å². The van der Waals surface area contributed by atoms with Crippen LogP contribution in [0.2, 0.25) is 12.1 Å². The molecule has 3 fully saturated rings. The van der Waals surface area contributed by atoms with E-state index >= 15 is 0 Å². The summed E-state index contributed by atoms with van der Waals surface area (Å²) in [7, 11) is 0. The Bertz CT molecular complexity index is 237. The molecular weight excluding hydrogens is 195 g/mol. The van der Waals surface area contributed by atoms with Gasteiger partial charge in [-0.3, -0.25) is 0 Å². The molecule has 0 unspecified atom stereocenters. The molecule has 0 aromatic heterocycles. The van der Waals surface area contributed by atoms with Crippen LogP contribution in [0.3, 0.4) is 0 Å². The third-order valence-electron chi connectivity index (χ3n) is 5.26. The molecule has 1 aliphatic heterocycles. The van der Waals surface area contributed by atoms with Crippen molar-refractivity contribution in [2.24, 2.45) is 17.8 Å². The van der Waals surface area contributed by atoms with Gasteiger partial charge in [-0.1, -0.05) is 51.9 Å². The summed E-state index contributed by atoms with van der Waals surface area (Å²) in [5.74, 6) is 4.12. The molecule has 0 aromatic carbocycles. The van der Waals surface area contributed by atoms with Gasteiger partial charge in [-0.15, -0.1) is 0 Å². The Balaban J connectivity index is 1.52. The van der Waals surface area contributed by atoms with E-state index in [1.807, 2.05) is 0 Å². The largest absolute Gasteiger partial charge is 0.435 e. The van der Waals surface area contributed by atoms with E-state index in [2.05, 4.69) is 6.92 Å². The zero-order chi connectivity index (χ0) is 11.0. The minimum atomic E-state index is 0.650. The lowest BCUT2D eigenvalue weighted by Crippen LogP contribution is -2.20. The lowest BCUT2D eigenvalue weighted by Gasteiger charge is -2.24. The van der Waals surface area contributed by atoms with Crippen LogP contribution in [0.4, 0.5) is 0 Å². The summed E-state index contributed by atoms with van der Waals surface area (Å²) in [6.45, 7) is 4.04. The van der Waals surface area contributed by atoms with E-state index in [0.29, 0.717) is 6.92 Å². The number of hydrogen-bond acceptors (Lipinski definition) is 1. The Morgan fingerprint density at radius 2 is 2.00 bits per heavy atom. The van der Waals surface area contributed by atoms with Crippen molar-refractivity contribution in [1.29, 1.82) is 0 Å². The summed E-state index contributed by atoms with van der Waals surface area (Å²) >= 11 is 0. The molecule has 0 amide bonds. The molecule has 3 rings (SSSR count). The molecule has 1 heterocycles. The molecule has 1 nitrogen and oxygen atoms in total. The van der Waals surface area contributed by atoms with Crippen LogP contribution < -0.4 is 0 Å². The van der Waals surface area contributed by atoms with E-state index in [1.165, 1.54) is 51.3 Å². The Hall–Kier alpha value is 0.0249. The fraction of sp³-hybridized carbons (Fsp3) is 1.00. The summed E-state index contributed by atoms with van der Waals surface area (Å²) in [5.41, 5.74) is 0. The van der Waals surface area contributed by atoms with E-state index < -0.39 is 0 Å². The van der Waals surface area contributed by atoms with Gasteiger partial charge in [0.25, 0.3) is 6.92 Å². The first-order valence-corrected chi connectivity index (χ1v) is 7.53. The van der Waals surface area contributed by atoms with Gasteiger partial charge >= 0.3 is 0 Å². The summed E-state index contributed by atoms with van der Waals surface area (Å²) in [6.07, 6.45) is 11.6. The Morgan fingerprint density at radius 3 is 2.75 bits per heavy atom. The van der Waals surface area contributed by atoms with Gasteiger partial charge in [0.1, 0.15) is 0 Å². The molecule has 0 spiro atoms. The number of fused-ring (bicyclic) bond motifs is 1. The Morgan fingerprint density at radius 1 is 1.19 bits per heavy atom. The van der Waals surface area contributed by atoms with Crippen molar-refractivity contribution >= 4 is 6.92 Å². The number of hydrogen-bond donors (Lipinski definition) is 0. The molecule has 90 valence electrons. The van der Waals surface area contributed by atoms with Gasteiger partial charge in [0, 0.05) is 6.61 Å². The van der Waals surface area contributed by atoms with E-state index in [-0.39, 0.29) is 0 Å². The highest BCUT2D eigenvalue weighted by Crippen LogP contribution is 2.64. The molecular formula is C14H25BO. The highest BCUT2D eigenvalue weighted by molar-refractivity contribution is 6.55. The summed E-state index contributed by atoms with van der Waals surface area (Å²) < 4.78 is 5.94. The average molecular weight is 220 g/mol. The van der Waals surface area contributed by atoms with E-state index in [1.54, 1.807) is 0 Å². The Labute approximate surface area is 100 Å². The molecule has 2 saturated carbocycles. The standard InChI is InChI=1S/C14H25BO/c1-2-3-9-15-14-12(10-16-15)13(14)11-7-5-4-6-8-11/h11-14H,2-10H2,1H3/t12-,13-,14-/m1/s1. The Kier molecular flexibility index (Phi) is 3.28. The second-order valence-corrected chi connectivity index (χ2v) is 6.23. The second-order valence-electron chi connectivity index (χ2n) is 6.23. The van der Waals surface area contributed by atoms with Crippen LogP contribution in [0.25, 0.3) is 0 Å². The predicted molar refractivity (Wildman–Crippen MR) is 68.7 cm³/mol. The fourth-order valence-electron chi connectivity index (χ4n) is 4.38. The van der Waals surface area contributed by atoms with Gasteiger partial charge in [0.15, 0.2) is 0 Å². The van der Waals surface area contributed by atoms with Gasteiger partial charge in [0.2, 0.25) is 0 Å². The second kappa shape index (κ2) is 4.72. The van der Waals surface area contributed by atoms with Crippen LogP contribution in [0.15, 0.2) is 0 Å². The van der Waals surface area contributed by atoms with Gasteiger partial charge in [0.05, 0.1) is 0 Å². The minimum absolute atomic E-state index is 0.650. The van der Waals surface area contributed by atoms with Crippen LogP contribution in [0, 0.1) is 17.8 Å². The summed E-state index contributed by atoms with van der Waals surface area (Å²) in [6, 6.07) is 0. The smallest absolute Gasteiger partial charge is 0.296 e. The van der Waals surface area contributed by atoms with E-state index in [9.17, 15) is 0 Å². The molecule has 16 heavy (non-hydrogen) atoms. The topological polar surface area (TPSA) is 9.23 Å². The maximum atomic E-state index is 5.94. The van der Waals surface area contributed by atoms with Gasteiger partial charge in [-0.25, -0.2) is 0 Å². The molecule has 3 aliphatic rings. The zero-order valence-electron chi connectivity index (χ0n) is 10.7. The average Bonchev–Trinajstić information content (AvgIpc) is 2.92. The predicted octanol–water partition coefficient (Wildman–Crippen LogP) is 4.00. The lowest BCUT2D eigenvalue weighted by atomic mass is 9.57. The van der Waals surface area contributed by atoms with Gasteiger partial charge in [-0.05, 0) is 29.9 Å². The summed E-state index contributed by atoms with van der Waals surface area (Å²) in [5, 5.41) is 0. The first kappa shape index (κ1) is 11.1. The maximum absolute atomic E-state index is 5.94. The highest BCUT2D eigenvalue weighted by Gasteiger charge is 2.62. The van der Waals surface area contributed by atoms with Crippen LogP contribution in [-0.2, 0) is 4.65 Å². The monoisotopic (exact) mass is 220 g/mol. The van der Waals surface area contributed by atoms with Crippen molar-refractivity contribution in [2.75, 3.05) is 6.61 Å². The van der Waals surface area contributed by atoms with E-state index in [0.717, 1.165) is 30.2 Å². The highest BCUT2D eigenvalue weighted by atomic mass is 16.4. The van der Waals surface area contributed by atoms with Gasteiger partial charge < -0.3 is 4.65 Å². The molecule has 0 N–H and O–H groups in total. The van der Waals surface area contributed by atoms with Gasteiger partial charge in [-0.2, -0.15) is 0 Å². The van der Waals surface area contributed by atoms with Crippen molar-refractivity contribution in [3.63, 3.8) is 0 Å². The molecule has 0 radical (unpaired) electrons. The zero-order valence-corrected chi connectivity index (χ0v) is 10.7. The lowest BCUT2D eigenvalue weighted by molar-refractivity contribution is 0.254. The van der Waals surface area contributed by atoms with Crippen LogP contribution >= 0.6 is 0 Å². The van der Waals surface area contributed by atoms with E-state index in [4.69, 9.17) is 4.65 Å². The first-order valence-electron chi connectivity index (χ1n) is 7.53. The maximum Gasteiger partial charge on any atom is 0.296 e. The number of rotatable bonds is 4. The molecule has 2 heteroatoms. The van der Waals surface area contributed by atoms with Crippen molar-refractivity contribution in [3.8, 4) is 0 Å². The van der Waals surface area contributed by atoms with Crippen LogP contribution in [0.5, 0.6) is 0 Å². The SMILES string of the molecule is CCCCB1OC[C@H]2[C@@H]1[C@@H]2C1CCCCC1. The molecule has 0 bridgehead atoms. The first-order chi connectivity index (χ1) is 7.92. The quantitative estimate of drug-likeness (QED) is 0.650. The molecule has 0 aromatic rings. The fourth-order valence-corrected chi connectivity index (χ4v) is 4.38. The van der Waals surface area contributed by atoms with Crippen LogP contribution in [-0.4, -0.2) is 13.5 Å².